The van der Waals surface area contributed by atoms with Crippen molar-refractivity contribution in [1.29, 1.82) is 0 Å². The summed E-state index contributed by atoms with van der Waals surface area (Å²) in [6, 6.07) is 22.8. The van der Waals surface area contributed by atoms with Crippen molar-refractivity contribution in [3.05, 3.63) is 84.4 Å². The topological polar surface area (TPSA) is 52.8 Å². The number of carbonyl (C=O) groups is 1. The van der Waals surface area contributed by atoms with E-state index in [2.05, 4.69) is 65.7 Å². The van der Waals surface area contributed by atoms with Gasteiger partial charge in [-0.3, -0.25) is 4.99 Å². The van der Waals surface area contributed by atoms with Gasteiger partial charge < -0.3 is 14.0 Å². The summed E-state index contributed by atoms with van der Waals surface area (Å²) in [5.74, 6) is 0.531. The van der Waals surface area contributed by atoms with Gasteiger partial charge in [-0.2, -0.15) is 0 Å². The van der Waals surface area contributed by atoms with Crippen molar-refractivity contribution >= 4 is 39.7 Å². The van der Waals surface area contributed by atoms with E-state index in [-0.39, 0.29) is 5.97 Å². The number of aliphatic imine (C=N–C) groups is 1. The number of ether oxygens (including phenoxy) is 2. The molecule has 0 aliphatic heterocycles. The van der Waals surface area contributed by atoms with E-state index in [9.17, 15) is 4.79 Å². The molecule has 35 heavy (non-hydrogen) atoms. The van der Waals surface area contributed by atoms with Crippen LogP contribution in [0, 0.1) is 0 Å². The van der Waals surface area contributed by atoms with Crippen LogP contribution in [0.15, 0.2) is 83.9 Å². The summed E-state index contributed by atoms with van der Waals surface area (Å²) in [4.78, 5) is 15.9. The van der Waals surface area contributed by atoms with E-state index in [1.807, 2.05) is 30.5 Å². The summed E-state index contributed by atoms with van der Waals surface area (Å²) >= 11 is 0. The minimum atomic E-state index is -0.313. The molecule has 0 N–H and O–H groups in total. The number of aryl methyl sites for hydroxylation is 1. The third kappa shape index (κ3) is 6.18. The minimum absolute atomic E-state index is 0.313. The summed E-state index contributed by atoms with van der Waals surface area (Å²) in [7, 11) is 2.10. The predicted octanol–water partition coefficient (Wildman–Crippen LogP) is 7.14. The lowest BCUT2D eigenvalue weighted by atomic mass is 10.1. The Balaban J connectivity index is 1.23. The molecule has 0 saturated heterocycles. The molecule has 0 saturated carbocycles. The highest BCUT2D eigenvalue weighted by Gasteiger charge is 2.07. The Morgan fingerprint density at radius 2 is 1.63 bits per heavy atom. The summed E-state index contributed by atoms with van der Waals surface area (Å²) in [6.45, 7) is 6.34. The molecule has 5 heteroatoms. The Morgan fingerprint density at radius 3 is 2.40 bits per heavy atom. The fourth-order valence-corrected chi connectivity index (χ4v) is 4.07. The van der Waals surface area contributed by atoms with Gasteiger partial charge in [0, 0.05) is 40.6 Å². The number of hydrogen-bond donors (Lipinski definition) is 0. The Labute approximate surface area is 206 Å². The highest BCUT2D eigenvalue weighted by atomic mass is 16.5. The number of hydrogen-bond acceptors (Lipinski definition) is 4. The molecule has 4 aromatic rings. The van der Waals surface area contributed by atoms with Gasteiger partial charge in [0.25, 0.3) is 0 Å². The average molecular weight is 469 g/mol. The van der Waals surface area contributed by atoms with E-state index in [1.165, 1.54) is 21.8 Å². The molecule has 0 fully saturated rings. The number of para-hydroxylation sites is 1. The molecule has 5 nitrogen and oxygen atoms in total. The smallest absolute Gasteiger partial charge is 0.333 e. The Morgan fingerprint density at radius 1 is 0.914 bits per heavy atom. The maximum absolute atomic E-state index is 11.3. The molecule has 0 aliphatic rings. The standard InChI is InChI=1S/C30H32N2O3/c1-22(2)30(33)35-19-9-5-4-8-18-34-25-15-13-24(14-16-25)31-21-23-12-17-27-26-10-6-7-11-28(26)32(3)29(27)20-23/h6-7,10-17,20-21H,1,4-5,8-9,18-19H2,2-3H3. The molecule has 0 atom stereocenters. The fourth-order valence-electron chi connectivity index (χ4n) is 4.07. The SMILES string of the molecule is C=C(C)C(=O)OCCCCCCOc1ccc(N=Cc2ccc3c4ccccc4n(C)c3c2)cc1. The average Bonchev–Trinajstić information content (AvgIpc) is 3.16. The molecular weight excluding hydrogens is 436 g/mol. The number of benzene rings is 3. The second kappa shape index (κ2) is 11.5. The maximum atomic E-state index is 11.3. The first-order chi connectivity index (χ1) is 17.0. The molecule has 0 unspecified atom stereocenters. The molecule has 0 bridgehead atoms. The predicted molar refractivity (Wildman–Crippen MR) is 144 cm³/mol. The largest absolute Gasteiger partial charge is 0.494 e. The zero-order valence-corrected chi connectivity index (χ0v) is 20.5. The summed E-state index contributed by atoms with van der Waals surface area (Å²) < 4.78 is 13.2. The van der Waals surface area contributed by atoms with Crippen LogP contribution in [0.25, 0.3) is 21.8 Å². The molecular formula is C30H32N2O3. The van der Waals surface area contributed by atoms with Crippen LogP contribution in [-0.4, -0.2) is 30.0 Å². The quantitative estimate of drug-likeness (QED) is 0.102. The van der Waals surface area contributed by atoms with Gasteiger partial charge in [-0.25, -0.2) is 4.79 Å². The van der Waals surface area contributed by atoms with Crippen molar-refractivity contribution in [2.45, 2.75) is 32.6 Å². The van der Waals surface area contributed by atoms with Gasteiger partial charge in [-0.15, -0.1) is 0 Å². The molecule has 0 amide bonds. The normalized spacial score (nSPS) is 11.4. The van der Waals surface area contributed by atoms with Crippen LogP contribution in [0.2, 0.25) is 0 Å². The van der Waals surface area contributed by atoms with Crippen LogP contribution in [0.3, 0.4) is 0 Å². The number of rotatable bonds is 11. The zero-order chi connectivity index (χ0) is 24.6. The fraction of sp³-hybridized carbons (Fsp3) is 0.267. The van der Waals surface area contributed by atoms with Crippen LogP contribution in [0.5, 0.6) is 5.75 Å². The van der Waals surface area contributed by atoms with Crippen molar-refractivity contribution in [1.82, 2.24) is 4.57 Å². The first kappa shape index (κ1) is 24.3. The van der Waals surface area contributed by atoms with E-state index in [0.29, 0.717) is 18.8 Å². The van der Waals surface area contributed by atoms with Crippen molar-refractivity contribution in [2.24, 2.45) is 12.0 Å². The molecule has 1 aromatic heterocycles. The third-order valence-corrected chi connectivity index (χ3v) is 6.03. The summed E-state index contributed by atoms with van der Waals surface area (Å²) in [5, 5.41) is 2.53. The molecule has 0 radical (unpaired) electrons. The minimum Gasteiger partial charge on any atom is -0.494 e. The van der Waals surface area contributed by atoms with E-state index in [0.717, 1.165) is 42.7 Å². The van der Waals surface area contributed by atoms with Gasteiger partial charge in [0.05, 0.1) is 18.9 Å². The Bertz CT molecular complexity index is 1350. The maximum Gasteiger partial charge on any atom is 0.333 e. The van der Waals surface area contributed by atoms with E-state index < -0.39 is 0 Å². The number of nitrogens with zero attached hydrogens (tertiary/aromatic N) is 2. The highest BCUT2D eigenvalue weighted by Crippen LogP contribution is 2.28. The van der Waals surface area contributed by atoms with Crippen LogP contribution in [0.4, 0.5) is 5.69 Å². The molecule has 0 spiro atoms. The summed E-state index contributed by atoms with van der Waals surface area (Å²) in [5.41, 5.74) is 4.83. The zero-order valence-electron chi connectivity index (χ0n) is 20.5. The number of carbonyl (C=O) groups excluding carboxylic acids is 1. The van der Waals surface area contributed by atoms with Crippen molar-refractivity contribution in [3.8, 4) is 5.75 Å². The van der Waals surface area contributed by atoms with Crippen molar-refractivity contribution in [3.63, 3.8) is 0 Å². The molecule has 3 aromatic carbocycles. The summed E-state index contributed by atoms with van der Waals surface area (Å²) in [6.07, 6.45) is 5.77. The van der Waals surface area contributed by atoms with Gasteiger partial charge in [0.2, 0.25) is 0 Å². The highest BCUT2D eigenvalue weighted by molar-refractivity contribution is 6.09. The van der Waals surface area contributed by atoms with Gasteiger partial charge in [-0.1, -0.05) is 36.9 Å². The first-order valence-corrected chi connectivity index (χ1v) is 12.1. The Kier molecular flexibility index (Phi) is 7.99. The van der Waals surface area contributed by atoms with Crippen LogP contribution in [0.1, 0.15) is 38.2 Å². The van der Waals surface area contributed by atoms with Gasteiger partial charge in [0.15, 0.2) is 0 Å². The first-order valence-electron chi connectivity index (χ1n) is 12.1. The van der Waals surface area contributed by atoms with Gasteiger partial charge in [0.1, 0.15) is 5.75 Å². The molecule has 1 heterocycles. The van der Waals surface area contributed by atoms with Crippen LogP contribution < -0.4 is 4.74 Å². The molecule has 4 rings (SSSR count). The molecule has 180 valence electrons. The van der Waals surface area contributed by atoms with Gasteiger partial charge >= 0.3 is 5.97 Å². The van der Waals surface area contributed by atoms with E-state index in [4.69, 9.17) is 9.47 Å². The lowest BCUT2D eigenvalue weighted by molar-refractivity contribution is -0.139. The lowest BCUT2D eigenvalue weighted by Crippen LogP contribution is -2.06. The lowest BCUT2D eigenvalue weighted by Gasteiger charge is -2.07. The monoisotopic (exact) mass is 468 g/mol. The number of unbranched alkanes of at least 4 members (excludes halogenated alkanes) is 3. The second-order valence-electron chi connectivity index (χ2n) is 8.78. The van der Waals surface area contributed by atoms with Crippen LogP contribution in [-0.2, 0) is 16.6 Å². The Hall–Kier alpha value is -3.86. The number of esters is 1. The van der Waals surface area contributed by atoms with E-state index >= 15 is 0 Å². The molecule has 0 aliphatic carbocycles. The van der Waals surface area contributed by atoms with E-state index in [1.54, 1.807) is 6.92 Å². The van der Waals surface area contributed by atoms with Crippen molar-refractivity contribution in [2.75, 3.05) is 13.2 Å². The number of fused-ring (bicyclic) bond motifs is 3. The van der Waals surface area contributed by atoms with Gasteiger partial charge in [-0.05, 0) is 74.6 Å². The second-order valence-corrected chi connectivity index (χ2v) is 8.78. The van der Waals surface area contributed by atoms with Crippen molar-refractivity contribution < 1.29 is 14.3 Å². The number of aromatic nitrogens is 1. The van der Waals surface area contributed by atoms with Crippen LogP contribution >= 0.6 is 0 Å². The third-order valence-electron chi connectivity index (χ3n) is 6.03.